The molecule has 5 nitrogen and oxygen atoms in total. The standard InChI is InChI=1S/C11H18N2O3/c1-11(4-5-11)12-10(16)13-6-2-8(3-7-13)9(14)15/h8H,2-7H2,1H3,(H,12,16)(H,14,15). The predicted octanol–water partition coefficient (Wildman–Crippen LogP) is 1.05. The molecule has 2 rings (SSSR count). The van der Waals surface area contributed by atoms with Gasteiger partial charge in [-0.05, 0) is 32.6 Å². The SMILES string of the molecule is CC1(NC(=O)N2CCC(C(=O)O)CC2)CC1. The minimum atomic E-state index is -0.741. The lowest BCUT2D eigenvalue weighted by molar-refractivity contribution is -0.143. The van der Waals surface area contributed by atoms with E-state index < -0.39 is 5.97 Å². The average Bonchev–Trinajstić information content (AvgIpc) is 2.96. The van der Waals surface area contributed by atoms with Gasteiger partial charge in [0, 0.05) is 18.6 Å². The van der Waals surface area contributed by atoms with Crippen molar-refractivity contribution >= 4 is 12.0 Å². The van der Waals surface area contributed by atoms with Crippen LogP contribution in [0.15, 0.2) is 0 Å². The third-order valence-electron chi connectivity index (χ3n) is 3.54. The molecular weight excluding hydrogens is 208 g/mol. The number of likely N-dealkylation sites (tertiary alicyclic amines) is 1. The van der Waals surface area contributed by atoms with Crippen molar-refractivity contribution in [3.63, 3.8) is 0 Å². The Morgan fingerprint density at radius 2 is 1.88 bits per heavy atom. The molecule has 90 valence electrons. The fraction of sp³-hybridized carbons (Fsp3) is 0.818. The van der Waals surface area contributed by atoms with Crippen LogP contribution in [-0.2, 0) is 4.79 Å². The number of aliphatic carboxylic acids is 1. The Hall–Kier alpha value is -1.26. The maximum atomic E-state index is 11.8. The molecule has 0 aromatic rings. The van der Waals surface area contributed by atoms with Gasteiger partial charge in [-0.3, -0.25) is 4.79 Å². The van der Waals surface area contributed by atoms with Crippen LogP contribution in [0.1, 0.15) is 32.6 Å². The van der Waals surface area contributed by atoms with Crippen LogP contribution >= 0.6 is 0 Å². The summed E-state index contributed by atoms with van der Waals surface area (Å²) in [4.78, 5) is 24.3. The summed E-state index contributed by atoms with van der Waals surface area (Å²) in [7, 11) is 0. The first-order valence-corrected chi connectivity index (χ1v) is 5.80. The maximum Gasteiger partial charge on any atom is 0.317 e. The average molecular weight is 226 g/mol. The Kier molecular flexibility index (Phi) is 2.78. The highest BCUT2D eigenvalue weighted by Crippen LogP contribution is 2.34. The Bertz CT molecular complexity index is 304. The number of carbonyl (C=O) groups is 2. The van der Waals surface area contributed by atoms with Crippen molar-refractivity contribution < 1.29 is 14.7 Å². The number of nitrogens with one attached hydrogen (secondary N) is 1. The fourth-order valence-electron chi connectivity index (χ4n) is 1.98. The van der Waals surface area contributed by atoms with Gasteiger partial charge in [0.2, 0.25) is 0 Å². The number of hydrogen-bond acceptors (Lipinski definition) is 2. The molecule has 0 aromatic heterocycles. The molecule has 5 heteroatoms. The number of carboxylic acids is 1. The van der Waals surface area contributed by atoms with Gasteiger partial charge in [-0.2, -0.15) is 0 Å². The van der Waals surface area contributed by atoms with E-state index in [1.54, 1.807) is 4.90 Å². The monoisotopic (exact) mass is 226 g/mol. The molecule has 2 amide bonds. The highest BCUT2D eigenvalue weighted by atomic mass is 16.4. The number of amides is 2. The Balaban J connectivity index is 1.79. The topological polar surface area (TPSA) is 69.6 Å². The zero-order chi connectivity index (χ0) is 11.8. The van der Waals surface area contributed by atoms with Crippen LogP contribution in [0.4, 0.5) is 4.79 Å². The highest BCUT2D eigenvalue weighted by molar-refractivity contribution is 5.76. The Labute approximate surface area is 94.8 Å². The largest absolute Gasteiger partial charge is 0.481 e. The Morgan fingerprint density at radius 1 is 1.31 bits per heavy atom. The number of nitrogens with zero attached hydrogens (tertiary/aromatic N) is 1. The van der Waals surface area contributed by atoms with Gasteiger partial charge >= 0.3 is 12.0 Å². The van der Waals surface area contributed by atoms with Crippen LogP contribution in [0.3, 0.4) is 0 Å². The van der Waals surface area contributed by atoms with Gasteiger partial charge in [0.25, 0.3) is 0 Å². The van der Waals surface area contributed by atoms with Gasteiger partial charge in [0.1, 0.15) is 0 Å². The summed E-state index contributed by atoms with van der Waals surface area (Å²) in [5.74, 6) is -1.02. The number of rotatable bonds is 2. The van der Waals surface area contributed by atoms with Crippen LogP contribution < -0.4 is 5.32 Å². The lowest BCUT2D eigenvalue weighted by Crippen LogP contribution is -2.48. The summed E-state index contributed by atoms with van der Waals surface area (Å²) >= 11 is 0. The van der Waals surface area contributed by atoms with Gasteiger partial charge in [-0.1, -0.05) is 0 Å². The van der Waals surface area contributed by atoms with Crippen molar-refractivity contribution in [1.82, 2.24) is 10.2 Å². The summed E-state index contributed by atoms with van der Waals surface area (Å²) < 4.78 is 0. The van der Waals surface area contributed by atoms with E-state index in [1.165, 1.54) is 0 Å². The zero-order valence-corrected chi connectivity index (χ0v) is 9.53. The van der Waals surface area contributed by atoms with Gasteiger partial charge in [-0.25, -0.2) is 4.79 Å². The summed E-state index contributed by atoms with van der Waals surface area (Å²) in [6, 6.07) is -0.0381. The second-order valence-electron chi connectivity index (χ2n) is 5.09. The molecule has 0 unspecified atom stereocenters. The van der Waals surface area contributed by atoms with Crippen molar-refractivity contribution in [2.45, 2.75) is 38.1 Å². The molecule has 0 atom stereocenters. The van der Waals surface area contributed by atoms with E-state index in [-0.39, 0.29) is 17.5 Å². The highest BCUT2D eigenvalue weighted by Gasteiger charge is 2.40. The number of carboxylic acid groups (broad SMARTS) is 1. The molecule has 1 saturated heterocycles. The van der Waals surface area contributed by atoms with Crippen molar-refractivity contribution in [3.8, 4) is 0 Å². The lowest BCUT2D eigenvalue weighted by atomic mass is 9.97. The van der Waals surface area contributed by atoms with E-state index in [0.717, 1.165) is 12.8 Å². The smallest absolute Gasteiger partial charge is 0.317 e. The first-order valence-electron chi connectivity index (χ1n) is 5.80. The van der Waals surface area contributed by atoms with E-state index in [0.29, 0.717) is 25.9 Å². The number of piperidine rings is 1. The van der Waals surface area contributed by atoms with E-state index >= 15 is 0 Å². The Morgan fingerprint density at radius 3 is 2.31 bits per heavy atom. The summed E-state index contributed by atoms with van der Waals surface area (Å²) in [5, 5.41) is 11.8. The third kappa shape index (κ3) is 2.46. The lowest BCUT2D eigenvalue weighted by Gasteiger charge is -2.31. The molecule has 2 fully saturated rings. The molecule has 1 aliphatic carbocycles. The van der Waals surface area contributed by atoms with E-state index in [1.807, 2.05) is 6.92 Å². The minimum Gasteiger partial charge on any atom is -0.481 e. The molecule has 0 spiro atoms. The van der Waals surface area contributed by atoms with Gasteiger partial charge in [0.05, 0.1) is 5.92 Å². The molecule has 2 N–H and O–H groups in total. The van der Waals surface area contributed by atoms with E-state index in [9.17, 15) is 9.59 Å². The van der Waals surface area contributed by atoms with Gasteiger partial charge in [0.15, 0.2) is 0 Å². The van der Waals surface area contributed by atoms with Crippen molar-refractivity contribution in [3.05, 3.63) is 0 Å². The van der Waals surface area contributed by atoms with E-state index in [4.69, 9.17) is 5.11 Å². The molecule has 0 radical (unpaired) electrons. The van der Waals surface area contributed by atoms with Gasteiger partial charge in [-0.15, -0.1) is 0 Å². The van der Waals surface area contributed by atoms with E-state index in [2.05, 4.69) is 5.32 Å². The third-order valence-corrected chi connectivity index (χ3v) is 3.54. The maximum absolute atomic E-state index is 11.8. The first kappa shape index (κ1) is 11.2. The number of carbonyl (C=O) groups excluding carboxylic acids is 1. The molecule has 1 heterocycles. The molecular formula is C11H18N2O3. The molecule has 0 aromatic carbocycles. The van der Waals surface area contributed by atoms with Crippen LogP contribution in [0.25, 0.3) is 0 Å². The summed E-state index contributed by atoms with van der Waals surface area (Å²) in [6.07, 6.45) is 3.23. The minimum absolute atomic E-state index is 0.000724. The molecule has 0 bridgehead atoms. The molecule has 1 aliphatic heterocycles. The number of urea groups is 1. The van der Waals surface area contributed by atoms with Crippen LogP contribution in [0, 0.1) is 5.92 Å². The molecule has 2 aliphatic rings. The summed E-state index contributed by atoms with van der Waals surface area (Å²) in [6.45, 7) is 3.15. The van der Waals surface area contributed by atoms with Crippen molar-refractivity contribution in [2.75, 3.05) is 13.1 Å². The molecule has 1 saturated carbocycles. The van der Waals surface area contributed by atoms with Crippen LogP contribution in [0.2, 0.25) is 0 Å². The zero-order valence-electron chi connectivity index (χ0n) is 9.53. The van der Waals surface area contributed by atoms with Crippen LogP contribution in [0.5, 0.6) is 0 Å². The summed E-state index contributed by atoms with van der Waals surface area (Å²) in [5.41, 5.74) is 0.000724. The molecule has 16 heavy (non-hydrogen) atoms. The fourth-order valence-corrected chi connectivity index (χ4v) is 1.98. The quantitative estimate of drug-likeness (QED) is 0.739. The van der Waals surface area contributed by atoms with Crippen molar-refractivity contribution in [1.29, 1.82) is 0 Å². The number of hydrogen-bond donors (Lipinski definition) is 2. The van der Waals surface area contributed by atoms with Crippen LogP contribution in [-0.4, -0.2) is 40.6 Å². The normalized spacial score (nSPS) is 23.9. The van der Waals surface area contributed by atoms with Gasteiger partial charge < -0.3 is 15.3 Å². The second-order valence-corrected chi connectivity index (χ2v) is 5.09. The second kappa shape index (κ2) is 3.96. The van der Waals surface area contributed by atoms with Crippen molar-refractivity contribution in [2.24, 2.45) is 5.92 Å². The predicted molar refractivity (Wildman–Crippen MR) is 58.1 cm³/mol. The first-order chi connectivity index (χ1) is 7.50.